The zero-order chi connectivity index (χ0) is 16.4. The molecule has 1 aromatic carbocycles. The molecule has 122 valence electrons. The van der Waals surface area contributed by atoms with Gasteiger partial charge in [-0.2, -0.15) is 0 Å². The molecule has 2 aliphatic heterocycles. The lowest BCUT2D eigenvalue weighted by Gasteiger charge is -2.23. The molecule has 0 fully saturated rings. The van der Waals surface area contributed by atoms with Gasteiger partial charge in [0.2, 0.25) is 0 Å². The molecule has 24 heavy (non-hydrogen) atoms. The maximum absolute atomic E-state index is 12.5. The second kappa shape index (κ2) is 6.35. The normalized spacial score (nSPS) is 17.6. The summed E-state index contributed by atoms with van der Waals surface area (Å²) >= 11 is 0. The van der Waals surface area contributed by atoms with Crippen molar-refractivity contribution in [3.05, 3.63) is 59.4 Å². The maximum Gasteiger partial charge on any atom is 0.189 e. The van der Waals surface area contributed by atoms with Crippen LogP contribution in [0.2, 0.25) is 0 Å². The Labute approximate surface area is 140 Å². The van der Waals surface area contributed by atoms with Crippen LogP contribution in [0.4, 0.5) is 0 Å². The van der Waals surface area contributed by atoms with Gasteiger partial charge in [-0.1, -0.05) is 0 Å². The number of nitrogens with zero attached hydrogens (tertiary/aromatic N) is 1. The first-order valence-electron chi connectivity index (χ1n) is 8.14. The predicted octanol–water partition coefficient (Wildman–Crippen LogP) is 2.61. The number of hydrogen-bond donors (Lipinski definition) is 1. The van der Waals surface area contributed by atoms with E-state index in [0.29, 0.717) is 18.8 Å². The van der Waals surface area contributed by atoms with E-state index >= 15 is 0 Å². The number of benzene rings is 1. The summed E-state index contributed by atoms with van der Waals surface area (Å²) in [5, 5.41) is 3.32. The number of ketones is 1. The summed E-state index contributed by atoms with van der Waals surface area (Å²) in [7, 11) is 0. The summed E-state index contributed by atoms with van der Waals surface area (Å²) in [5.41, 5.74) is 3.57. The van der Waals surface area contributed by atoms with Crippen LogP contribution >= 0.6 is 0 Å². The van der Waals surface area contributed by atoms with Gasteiger partial charge in [-0.3, -0.25) is 9.78 Å². The number of rotatable bonds is 2. The third kappa shape index (κ3) is 2.85. The average Bonchev–Trinajstić information content (AvgIpc) is 2.86. The van der Waals surface area contributed by atoms with E-state index in [-0.39, 0.29) is 5.78 Å². The maximum atomic E-state index is 12.5. The van der Waals surface area contributed by atoms with Crippen LogP contribution in [-0.2, 0) is 6.42 Å². The van der Waals surface area contributed by atoms with E-state index in [1.165, 1.54) is 5.56 Å². The van der Waals surface area contributed by atoms with Gasteiger partial charge < -0.3 is 14.8 Å². The molecular formula is C19H18N2O3. The van der Waals surface area contributed by atoms with Crippen molar-refractivity contribution in [3.63, 3.8) is 0 Å². The molecule has 0 bridgehead atoms. The Hall–Kier alpha value is -2.82. The van der Waals surface area contributed by atoms with Crippen molar-refractivity contribution in [2.45, 2.75) is 12.8 Å². The Morgan fingerprint density at radius 3 is 2.83 bits per heavy atom. The van der Waals surface area contributed by atoms with Gasteiger partial charge in [-0.25, -0.2) is 0 Å². The van der Waals surface area contributed by atoms with Crippen molar-refractivity contribution in [1.82, 2.24) is 10.3 Å². The summed E-state index contributed by atoms with van der Waals surface area (Å²) in [6, 6.07) is 7.55. The van der Waals surface area contributed by atoms with Crippen molar-refractivity contribution in [2.75, 3.05) is 19.8 Å². The summed E-state index contributed by atoms with van der Waals surface area (Å²) in [5.74, 6) is 1.48. The van der Waals surface area contributed by atoms with Crippen molar-refractivity contribution in [2.24, 2.45) is 0 Å². The minimum atomic E-state index is -0.0643. The number of hydrogen-bond acceptors (Lipinski definition) is 5. The lowest BCUT2D eigenvalue weighted by atomic mass is 9.96. The highest BCUT2D eigenvalue weighted by atomic mass is 16.5. The molecule has 1 aromatic heterocycles. The third-order valence-electron chi connectivity index (χ3n) is 4.19. The number of allylic oxidation sites excluding steroid dienone is 1. The molecule has 1 N–H and O–H groups in total. The van der Waals surface area contributed by atoms with E-state index in [1.54, 1.807) is 30.6 Å². The second-order valence-corrected chi connectivity index (χ2v) is 5.85. The molecule has 3 heterocycles. The highest BCUT2D eigenvalue weighted by molar-refractivity contribution is 6.08. The van der Waals surface area contributed by atoms with Crippen LogP contribution in [0.5, 0.6) is 11.5 Å². The molecule has 5 heteroatoms. The van der Waals surface area contributed by atoms with Gasteiger partial charge in [0.1, 0.15) is 0 Å². The lowest BCUT2D eigenvalue weighted by molar-refractivity contribution is 0.104. The molecule has 0 aliphatic carbocycles. The number of ether oxygens (including phenoxy) is 2. The molecule has 0 unspecified atom stereocenters. The van der Waals surface area contributed by atoms with Crippen LogP contribution in [0.15, 0.2) is 42.7 Å². The van der Waals surface area contributed by atoms with E-state index in [0.717, 1.165) is 42.1 Å². The number of aromatic nitrogens is 1. The predicted molar refractivity (Wildman–Crippen MR) is 90.3 cm³/mol. The standard InChI is InChI=1S/C19H18N2O3/c22-17(14-3-1-5-20-12-14)11-16-15-10-19-18(23-7-2-8-24-19)9-13(15)4-6-21-16/h1,3,5,9-12,21H,2,4,6-8H2/b16-11-. The number of fused-ring (bicyclic) bond motifs is 2. The fourth-order valence-corrected chi connectivity index (χ4v) is 2.99. The quantitative estimate of drug-likeness (QED) is 0.680. The topological polar surface area (TPSA) is 60.5 Å². The van der Waals surface area contributed by atoms with E-state index < -0.39 is 0 Å². The van der Waals surface area contributed by atoms with Crippen LogP contribution in [0.25, 0.3) is 5.70 Å². The Balaban J connectivity index is 1.72. The van der Waals surface area contributed by atoms with Crippen molar-refractivity contribution in [3.8, 4) is 11.5 Å². The zero-order valence-corrected chi connectivity index (χ0v) is 13.2. The van der Waals surface area contributed by atoms with Crippen LogP contribution in [0, 0.1) is 0 Å². The first-order valence-corrected chi connectivity index (χ1v) is 8.14. The molecule has 0 spiro atoms. The number of carbonyl (C=O) groups is 1. The van der Waals surface area contributed by atoms with Crippen molar-refractivity contribution in [1.29, 1.82) is 0 Å². The molecule has 0 saturated carbocycles. The van der Waals surface area contributed by atoms with Gasteiger partial charge in [-0.15, -0.1) is 0 Å². The monoisotopic (exact) mass is 322 g/mol. The summed E-state index contributed by atoms with van der Waals surface area (Å²) < 4.78 is 11.5. The Kier molecular flexibility index (Phi) is 3.91. The van der Waals surface area contributed by atoms with E-state index in [2.05, 4.69) is 10.3 Å². The van der Waals surface area contributed by atoms with E-state index in [1.807, 2.05) is 12.1 Å². The molecule has 4 rings (SSSR count). The number of pyridine rings is 1. The van der Waals surface area contributed by atoms with Crippen LogP contribution in [0.3, 0.4) is 0 Å². The summed E-state index contributed by atoms with van der Waals surface area (Å²) in [6.45, 7) is 2.11. The third-order valence-corrected chi connectivity index (χ3v) is 4.19. The Morgan fingerprint density at radius 1 is 1.21 bits per heavy atom. The average molecular weight is 322 g/mol. The number of carbonyl (C=O) groups excluding carboxylic acids is 1. The Morgan fingerprint density at radius 2 is 2.04 bits per heavy atom. The largest absolute Gasteiger partial charge is 0.490 e. The molecule has 0 amide bonds. The van der Waals surface area contributed by atoms with Crippen LogP contribution in [-0.4, -0.2) is 30.5 Å². The first-order chi connectivity index (χ1) is 11.8. The zero-order valence-electron chi connectivity index (χ0n) is 13.2. The summed E-state index contributed by atoms with van der Waals surface area (Å²) in [4.78, 5) is 16.5. The summed E-state index contributed by atoms with van der Waals surface area (Å²) in [6.07, 6.45) is 6.64. The highest BCUT2D eigenvalue weighted by Crippen LogP contribution is 2.36. The lowest BCUT2D eigenvalue weighted by Crippen LogP contribution is -2.23. The fourth-order valence-electron chi connectivity index (χ4n) is 2.99. The van der Waals surface area contributed by atoms with Gasteiger partial charge >= 0.3 is 0 Å². The van der Waals surface area contributed by atoms with E-state index in [9.17, 15) is 4.79 Å². The SMILES string of the molecule is O=C(/C=C1\NCCc2cc3c(cc21)OCCCO3)c1cccnc1. The first kappa shape index (κ1) is 14.8. The van der Waals surface area contributed by atoms with Gasteiger partial charge in [0.25, 0.3) is 0 Å². The molecule has 0 saturated heterocycles. The van der Waals surface area contributed by atoms with Crippen molar-refractivity contribution >= 4 is 11.5 Å². The second-order valence-electron chi connectivity index (χ2n) is 5.85. The Bertz CT molecular complexity index is 800. The van der Waals surface area contributed by atoms with Crippen molar-refractivity contribution < 1.29 is 14.3 Å². The minimum Gasteiger partial charge on any atom is -0.490 e. The molecule has 5 nitrogen and oxygen atoms in total. The molecule has 0 atom stereocenters. The van der Waals surface area contributed by atoms with Crippen LogP contribution < -0.4 is 14.8 Å². The van der Waals surface area contributed by atoms with Gasteiger partial charge in [0, 0.05) is 48.3 Å². The van der Waals surface area contributed by atoms with E-state index in [4.69, 9.17) is 9.47 Å². The molecular weight excluding hydrogens is 304 g/mol. The van der Waals surface area contributed by atoms with Crippen LogP contribution in [0.1, 0.15) is 27.9 Å². The smallest absolute Gasteiger partial charge is 0.189 e. The number of nitrogens with one attached hydrogen (secondary N) is 1. The van der Waals surface area contributed by atoms with Gasteiger partial charge in [0.05, 0.1) is 13.2 Å². The molecule has 0 radical (unpaired) electrons. The fraction of sp³-hybridized carbons (Fsp3) is 0.263. The van der Waals surface area contributed by atoms with Gasteiger partial charge in [0.15, 0.2) is 17.3 Å². The highest BCUT2D eigenvalue weighted by Gasteiger charge is 2.20. The minimum absolute atomic E-state index is 0.0643. The molecule has 2 aromatic rings. The van der Waals surface area contributed by atoms with Gasteiger partial charge in [-0.05, 0) is 36.2 Å². The molecule has 2 aliphatic rings.